The summed E-state index contributed by atoms with van der Waals surface area (Å²) in [7, 11) is 1.91. The Morgan fingerprint density at radius 1 is 1.06 bits per heavy atom. The van der Waals surface area contributed by atoms with Gasteiger partial charge in [0.2, 0.25) is 11.8 Å². The number of aryl methyl sites for hydroxylation is 3. The zero-order valence-corrected chi connectivity index (χ0v) is 20.2. The number of carbonyl (C=O) groups excluding carboxylic acids is 1. The van der Waals surface area contributed by atoms with Crippen LogP contribution in [-0.4, -0.2) is 55.6 Å². The molecule has 0 saturated carbocycles. The number of aromatic nitrogens is 1. The molecule has 174 valence electrons. The molecule has 2 heterocycles. The van der Waals surface area contributed by atoms with Crippen LogP contribution in [0.3, 0.4) is 0 Å². The quantitative estimate of drug-likeness (QED) is 0.527. The van der Waals surface area contributed by atoms with Crippen molar-refractivity contribution < 1.29 is 9.21 Å². The number of rotatable bonds is 7. The molecule has 33 heavy (non-hydrogen) atoms. The maximum Gasteiger partial charge on any atom is 0.242 e. The Morgan fingerprint density at radius 2 is 1.79 bits per heavy atom. The van der Waals surface area contributed by atoms with Gasteiger partial charge in [0.25, 0.3) is 0 Å². The molecule has 0 unspecified atom stereocenters. The van der Waals surface area contributed by atoms with Crippen LogP contribution in [0, 0.1) is 13.8 Å². The monoisotopic (exact) mass is 446 g/mol. The van der Waals surface area contributed by atoms with Gasteiger partial charge in [-0.2, -0.15) is 0 Å². The number of hydrogen-bond acceptors (Lipinski definition) is 5. The van der Waals surface area contributed by atoms with Gasteiger partial charge in [-0.1, -0.05) is 55.0 Å². The maximum atomic E-state index is 13.1. The average Bonchev–Trinajstić information content (AvgIpc) is 3.24. The van der Waals surface area contributed by atoms with Crippen molar-refractivity contribution in [2.24, 2.45) is 0 Å². The van der Waals surface area contributed by atoms with E-state index in [0.29, 0.717) is 11.8 Å². The molecule has 4 rings (SSSR count). The van der Waals surface area contributed by atoms with E-state index in [1.807, 2.05) is 47.2 Å². The minimum absolute atomic E-state index is 0.116. The van der Waals surface area contributed by atoms with Crippen LogP contribution in [0.2, 0.25) is 0 Å². The predicted octanol–water partition coefficient (Wildman–Crippen LogP) is 4.70. The van der Waals surface area contributed by atoms with E-state index in [9.17, 15) is 4.79 Å². The summed E-state index contributed by atoms with van der Waals surface area (Å²) in [6, 6.07) is 16.6. The highest BCUT2D eigenvalue weighted by molar-refractivity contribution is 5.83. The lowest BCUT2D eigenvalue weighted by molar-refractivity contribution is -0.130. The zero-order chi connectivity index (χ0) is 23.4. The van der Waals surface area contributed by atoms with Gasteiger partial charge in [0.1, 0.15) is 5.69 Å². The van der Waals surface area contributed by atoms with E-state index in [1.54, 1.807) is 0 Å². The van der Waals surface area contributed by atoms with Crippen molar-refractivity contribution in [3.63, 3.8) is 0 Å². The van der Waals surface area contributed by atoms with Crippen molar-refractivity contribution in [3.05, 3.63) is 65.5 Å². The van der Waals surface area contributed by atoms with Gasteiger partial charge in [-0.05, 0) is 31.9 Å². The molecular formula is C27H34N4O2. The standard InChI is InChI=1S/C27H34N4O2/c1-5-9-24-28-26(22-10-7-6-8-11-22)27(33-24)29(4)19-25(32)31-16-14-30(15-17-31)23-13-12-20(2)18-21(23)3/h6-8,10-13,18H,5,9,14-17,19H2,1-4H3. The highest BCUT2D eigenvalue weighted by atomic mass is 16.4. The first-order valence-corrected chi connectivity index (χ1v) is 11.8. The van der Waals surface area contributed by atoms with E-state index >= 15 is 0 Å². The molecule has 3 aromatic rings. The van der Waals surface area contributed by atoms with Gasteiger partial charge in [-0.15, -0.1) is 0 Å². The number of anilines is 2. The van der Waals surface area contributed by atoms with Crippen LogP contribution in [0.25, 0.3) is 11.3 Å². The molecule has 0 radical (unpaired) electrons. The molecule has 0 atom stereocenters. The van der Waals surface area contributed by atoms with Crippen molar-refractivity contribution in [1.82, 2.24) is 9.88 Å². The molecule has 0 bridgehead atoms. The molecular weight excluding hydrogens is 412 g/mol. The molecule has 6 nitrogen and oxygen atoms in total. The van der Waals surface area contributed by atoms with Gasteiger partial charge < -0.3 is 19.1 Å². The van der Waals surface area contributed by atoms with Crippen LogP contribution in [-0.2, 0) is 11.2 Å². The number of carbonyl (C=O) groups is 1. The summed E-state index contributed by atoms with van der Waals surface area (Å²) >= 11 is 0. The van der Waals surface area contributed by atoms with Crippen LogP contribution < -0.4 is 9.80 Å². The van der Waals surface area contributed by atoms with Crippen molar-refractivity contribution in [2.75, 3.05) is 49.6 Å². The second-order valence-electron chi connectivity index (χ2n) is 8.89. The van der Waals surface area contributed by atoms with Crippen LogP contribution in [0.4, 0.5) is 11.6 Å². The summed E-state index contributed by atoms with van der Waals surface area (Å²) in [4.78, 5) is 24.1. The van der Waals surface area contributed by atoms with Crippen molar-refractivity contribution in [2.45, 2.75) is 33.6 Å². The van der Waals surface area contributed by atoms with Crippen LogP contribution in [0.1, 0.15) is 30.4 Å². The molecule has 0 spiro atoms. The third-order valence-electron chi connectivity index (χ3n) is 6.21. The second kappa shape index (κ2) is 10.1. The van der Waals surface area contributed by atoms with Gasteiger partial charge >= 0.3 is 0 Å². The average molecular weight is 447 g/mol. The number of amides is 1. The molecule has 1 saturated heterocycles. The van der Waals surface area contributed by atoms with E-state index in [2.05, 4.69) is 43.9 Å². The summed E-state index contributed by atoms with van der Waals surface area (Å²) in [5, 5.41) is 0. The van der Waals surface area contributed by atoms with E-state index < -0.39 is 0 Å². The fourth-order valence-corrected chi connectivity index (χ4v) is 4.45. The second-order valence-corrected chi connectivity index (χ2v) is 8.89. The van der Waals surface area contributed by atoms with E-state index in [4.69, 9.17) is 9.40 Å². The highest BCUT2D eigenvalue weighted by Crippen LogP contribution is 2.31. The van der Waals surface area contributed by atoms with Gasteiger partial charge in [0.05, 0.1) is 6.54 Å². The summed E-state index contributed by atoms with van der Waals surface area (Å²) in [6.45, 7) is 9.79. The minimum Gasteiger partial charge on any atom is -0.424 e. The largest absolute Gasteiger partial charge is 0.424 e. The Balaban J connectivity index is 1.42. The van der Waals surface area contributed by atoms with Gasteiger partial charge in [-0.25, -0.2) is 4.98 Å². The molecule has 6 heteroatoms. The molecule has 1 aliphatic rings. The van der Waals surface area contributed by atoms with Crippen molar-refractivity contribution in [3.8, 4) is 11.3 Å². The Hall–Kier alpha value is -3.28. The number of nitrogens with zero attached hydrogens (tertiary/aromatic N) is 4. The van der Waals surface area contributed by atoms with Crippen LogP contribution >= 0.6 is 0 Å². The van der Waals surface area contributed by atoms with Crippen molar-refractivity contribution in [1.29, 1.82) is 0 Å². The summed E-state index contributed by atoms with van der Waals surface area (Å²) in [5.41, 5.74) is 5.63. The third kappa shape index (κ3) is 5.21. The lowest BCUT2D eigenvalue weighted by atomic mass is 10.1. The molecule has 1 aromatic heterocycles. The summed E-state index contributed by atoms with van der Waals surface area (Å²) in [6.07, 6.45) is 1.74. The minimum atomic E-state index is 0.116. The lowest BCUT2D eigenvalue weighted by Crippen LogP contribution is -2.51. The van der Waals surface area contributed by atoms with Crippen molar-refractivity contribution >= 4 is 17.5 Å². The number of oxazole rings is 1. The zero-order valence-electron chi connectivity index (χ0n) is 20.2. The first-order chi connectivity index (χ1) is 16.0. The number of hydrogen-bond donors (Lipinski definition) is 0. The fraction of sp³-hybridized carbons (Fsp3) is 0.407. The molecule has 1 aliphatic heterocycles. The van der Waals surface area contributed by atoms with Crippen LogP contribution in [0.15, 0.2) is 52.9 Å². The molecule has 0 N–H and O–H groups in total. The van der Waals surface area contributed by atoms with Gasteiger partial charge in [-0.3, -0.25) is 4.79 Å². The Morgan fingerprint density at radius 3 is 2.45 bits per heavy atom. The maximum absolute atomic E-state index is 13.1. The molecule has 1 fully saturated rings. The van der Waals surface area contributed by atoms with E-state index in [1.165, 1.54) is 16.8 Å². The molecule has 0 aliphatic carbocycles. The summed E-state index contributed by atoms with van der Waals surface area (Å²) < 4.78 is 6.09. The fourth-order valence-electron chi connectivity index (χ4n) is 4.45. The van der Waals surface area contributed by atoms with E-state index in [-0.39, 0.29) is 12.5 Å². The molecule has 1 amide bonds. The number of benzene rings is 2. The number of piperazine rings is 1. The lowest BCUT2D eigenvalue weighted by Gasteiger charge is -2.37. The SMILES string of the molecule is CCCc1nc(-c2ccccc2)c(N(C)CC(=O)N2CCN(c3ccc(C)cc3C)CC2)o1. The van der Waals surface area contributed by atoms with Crippen LogP contribution in [0.5, 0.6) is 0 Å². The third-order valence-corrected chi connectivity index (χ3v) is 6.21. The topological polar surface area (TPSA) is 52.8 Å². The molecule has 2 aromatic carbocycles. The van der Waals surface area contributed by atoms with Gasteiger partial charge in [0, 0.05) is 50.9 Å². The van der Waals surface area contributed by atoms with E-state index in [0.717, 1.165) is 50.3 Å². The smallest absolute Gasteiger partial charge is 0.242 e. The normalized spacial score (nSPS) is 13.9. The summed E-state index contributed by atoms with van der Waals surface area (Å²) in [5.74, 6) is 1.49. The Labute approximate surface area is 196 Å². The Bertz CT molecular complexity index is 1080. The van der Waals surface area contributed by atoms with Gasteiger partial charge in [0.15, 0.2) is 5.89 Å². The first-order valence-electron chi connectivity index (χ1n) is 11.8. The predicted molar refractivity (Wildman–Crippen MR) is 134 cm³/mol. The number of likely N-dealkylation sites (N-methyl/N-ethyl adjacent to an activating group) is 1. The Kier molecular flexibility index (Phi) is 7.02. The first kappa shape index (κ1) is 22.9. The highest BCUT2D eigenvalue weighted by Gasteiger charge is 2.25.